The standard InChI is InChI=1S/C34H30N2/c1-3-28-26-34(20-19-29(28)25-27-13-7-4-8-14-27)35(2)30-21-23-33(24-22-30)36(31-15-9-5-10-16-31)32-17-11-6-12-18-32/h3-13,15-26H,1,14H2,2H3/b27-25-. The van der Waals surface area contributed by atoms with Gasteiger partial charge in [0.2, 0.25) is 0 Å². The Bertz CT molecular complexity index is 1370. The number of hydrogen-bond acceptors (Lipinski definition) is 2. The second-order valence-corrected chi connectivity index (χ2v) is 8.81. The zero-order chi connectivity index (χ0) is 24.7. The van der Waals surface area contributed by atoms with Gasteiger partial charge in [0, 0.05) is 35.5 Å². The molecule has 0 unspecified atom stereocenters. The fourth-order valence-electron chi connectivity index (χ4n) is 4.49. The Morgan fingerprint density at radius 3 is 1.81 bits per heavy atom. The lowest BCUT2D eigenvalue weighted by atomic mass is 10.00. The number of allylic oxidation sites excluding steroid dienone is 5. The molecule has 0 bridgehead atoms. The maximum atomic E-state index is 4.06. The van der Waals surface area contributed by atoms with Crippen molar-refractivity contribution in [3.63, 3.8) is 0 Å². The monoisotopic (exact) mass is 466 g/mol. The van der Waals surface area contributed by atoms with Crippen LogP contribution in [0.15, 0.2) is 140 Å². The Morgan fingerprint density at radius 1 is 0.639 bits per heavy atom. The lowest BCUT2D eigenvalue weighted by Gasteiger charge is -2.26. The molecule has 2 heteroatoms. The Hall–Kier alpha value is -4.56. The van der Waals surface area contributed by atoms with E-state index in [4.69, 9.17) is 0 Å². The zero-order valence-corrected chi connectivity index (χ0v) is 20.6. The van der Waals surface area contributed by atoms with Gasteiger partial charge in [-0.2, -0.15) is 0 Å². The first kappa shape index (κ1) is 23.2. The van der Waals surface area contributed by atoms with Gasteiger partial charge in [0.15, 0.2) is 0 Å². The highest BCUT2D eigenvalue weighted by Crippen LogP contribution is 2.36. The minimum absolute atomic E-state index is 0.962. The van der Waals surface area contributed by atoms with E-state index in [0.717, 1.165) is 40.4 Å². The van der Waals surface area contributed by atoms with Crippen molar-refractivity contribution in [1.29, 1.82) is 0 Å². The molecule has 176 valence electrons. The van der Waals surface area contributed by atoms with Crippen LogP contribution in [0.2, 0.25) is 0 Å². The van der Waals surface area contributed by atoms with Crippen molar-refractivity contribution in [2.45, 2.75) is 6.42 Å². The van der Waals surface area contributed by atoms with Crippen molar-refractivity contribution in [3.8, 4) is 0 Å². The van der Waals surface area contributed by atoms with Crippen molar-refractivity contribution >= 4 is 40.6 Å². The average Bonchev–Trinajstić information content (AvgIpc) is 2.95. The summed E-state index contributed by atoms with van der Waals surface area (Å²) in [7, 11) is 2.11. The summed E-state index contributed by atoms with van der Waals surface area (Å²) in [5, 5.41) is 0. The van der Waals surface area contributed by atoms with Crippen LogP contribution in [-0.2, 0) is 0 Å². The summed E-state index contributed by atoms with van der Waals surface area (Å²) in [5.41, 5.74) is 9.26. The highest BCUT2D eigenvalue weighted by molar-refractivity contribution is 5.78. The molecule has 0 spiro atoms. The van der Waals surface area contributed by atoms with Crippen LogP contribution in [0.5, 0.6) is 0 Å². The third-order valence-electron chi connectivity index (χ3n) is 6.45. The zero-order valence-electron chi connectivity index (χ0n) is 20.6. The minimum Gasteiger partial charge on any atom is -0.345 e. The van der Waals surface area contributed by atoms with Crippen LogP contribution < -0.4 is 9.80 Å². The number of benzene rings is 4. The molecule has 0 radical (unpaired) electrons. The fourth-order valence-corrected chi connectivity index (χ4v) is 4.49. The van der Waals surface area contributed by atoms with E-state index < -0.39 is 0 Å². The number of anilines is 5. The molecule has 1 aliphatic rings. The van der Waals surface area contributed by atoms with Crippen LogP contribution in [0.25, 0.3) is 12.2 Å². The highest BCUT2D eigenvalue weighted by Gasteiger charge is 2.13. The SMILES string of the molecule is C=Cc1cc(N(C)c2ccc(N(c3ccccc3)c3ccccc3)cc2)ccc1/C=C1/C=CC=CC1. The average molecular weight is 467 g/mol. The quantitative estimate of drug-likeness (QED) is 0.268. The van der Waals surface area contributed by atoms with E-state index in [1.165, 1.54) is 11.1 Å². The molecule has 0 aromatic heterocycles. The predicted molar refractivity (Wildman–Crippen MR) is 157 cm³/mol. The minimum atomic E-state index is 0.962. The van der Waals surface area contributed by atoms with Gasteiger partial charge in [-0.15, -0.1) is 0 Å². The van der Waals surface area contributed by atoms with Gasteiger partial charge in [-0.25, -0.2) is 0 Å². The van der Waals surface area contributed by atoms with E-state index in [1.807, 2.05) is 18.2 Å². The van der Waals surface area contributed by atoms with Crippen molar-refractivity contribution in [2.24, 2.45) is 0 Å². The third-order valence-corrected chi connectivity index (χ3v) is 6.45. The van der Waals surface area contributed by atoms with E-state index in [2.05, 4.69) is 145 Å². The molecular formula is C34H30N2. The molecule has 2 nitrogen and oxygen atoms in total. The summed E-state index contributed by atoms with van der Waals surface area (Å²) in [6, 6.07) is 36.2. The molecule has 0 saturated heterocycles. The largest absolute Gasteiger partial charge is 0.345 e. The Morgan fingerprint density at radius 2 is 1.22 bits per heavy atom. The van der Waals surface area contributed by atoms with Gasteiger partial charge in [0.25, 0.3) is 0 Å². The van der Waals surface area contributed by atoms with E-state index in [-0.39, 0.29) is 0 Å². The predicted octanol–water partition coefficient (Wildman–Crippen LogP) is 9.47. The molecule has 36 heavy (non-hydrogen) atoms. The molecule has 5 rings (SSSR count). The van der Waals surface area contributed by atoms with Gasteiger partial charge < -0.3 is 9.80 Å². The van der Waals surface area contributed by atoms with Gasteiger partial charge >= 0.3 is 0 Å². The second-order valence-electron chi connectivity index (χ2n) is 8.81. The molecule has 0 fully saturated rings. The molecule has 0 saturated carbocycles. The Labute approximate surface area is 214 Å². The maximum absolute atomic E-state index is 4.06. The van der Waals surface area contributed by atoms with Crippen LogP contribution >= 0.6 is 0 Å². The van der Waals surface area contributed by atoms with Crippen LogP contribution in [0.3, 0.4) is 0 Å². The van der Waals surface area contributed by atoms with Gasteiger partial charge in [0.05, 0.1) is 0 Å². The number of hydrogen-bond donors (Lipinski definition) is 0. The lowest BCUT2D eigenvalue weighted by molar-refractivity contribution is 1.20. The topological polar surface area (TPSA) is 6.48 Å². The first-order valence-electron chi connectivity index (χ1n) is 12.3. The molecule has 0 N–H and O–H groups in total. The molecule has 0 aliphatic heterocycles. The van der Waals surface area contributed by atoms with Crippen molar-refractivity contribution in [1.82, 2.24) is 0 Å². The smallest absolute Gasteiger partial charge is 0.0463 e. The number of para-hydroxylation sites is 2. The fraction of sp³-hybridized carbons (Fsp3) is 0.0588. The normalized spacial score (nSPS) is 13.5. The maximum Gasteiger partial charge on any atom is 0.0463 e. The van der Waals surface area contributed by atoms with Crippen LogP contribution in [0.4, 0.5) is 28.4 Å². The summed E-state index contributed by atoms with van der Waals surface area (Å²) in [4.78, 5) is 4.49. The summed E-state index contributed by atoms with van der Waals surface area (Å²) in [6.07, 6.45) is 13.7. The van der Waals surface area contributed by atoms with E-state index in [1.54, 1.807) is 0 Å². The summed E-state index contributed by atoms with van der Waals surface area (Å²) in [6.45, 7) is 4.06. The van der Waals surface area contributed by atoms with Crippen molar-refractivity contribution in [2.75, 3.05) is 16.8 Å². The molecular weight excluding hydrogens is 436 g/mol. The van der Waals surface area contributed by atoms with Gasteiger partial charge in [0.1, 0.15) is 0 Å². The van der Waals surface area contributed by atoms with Crippen molar-refractivity contribution < 1.29 is 0 Å². The van der Waals surface area contributed by atoms with E-state index in [9.17, 15) is 0 Å². The van der Waals surface area contributed by atoms with E-state index in [0.29, 0.717) is 0 Å². The number of rotatable bonds is 7. The van der Waals surface area contributed by atoms with Crippen LogP contribution in [0.1, 0.15) is 17.5 Å². The molecule has 4 aromatic carbocycles. The second kappa shape index (κ2) is 10.8. The van der Waals surface area contributed by atoms with Crippen LogP contribution in [0, 0.1) is 0 Å². The van der Waals surface area contributed by atoms with E-state index >= 15 is 0 Å². The number of nitrogens with zero attached hydrogens (tertiary/aromatic N) is 2. The first-order chi connectivity index (χ1) is 17.7. The van der Waals surface area contributed by atoms with Gasteiger partial charge in [-0.3, -0.25) is 0 Å². The Kier molecular flexibility index (Phi) is 6.95. The first-order valence-corrected chi connectivity index (χ1v) is 12.3. The van der Waals surface area contributed by atoms with Gasteiger partial charge in [-0.1, -0.05) is 85.5 Å². The summed E-state index contributed by atoms with van der Waals surface area (Å²) in [5.74, 6) is 0. The molecule has 4 aromatic rings. The highest BCUT2D eigenvalue weighted by atomic mass is 15.1. The molecule has 0 amide bonds. The molecule has 0 atom stereocenters. The van der Waals surface area contributed by atoms with Crippen molar-refractivity contribution in [3.05, 3.63) is 151 Å². The Balaban J connectivity index is 1.42. The summed E-state index contributed by atoms with van der Waals surface area (Å²) >= 11 is 0. The molecule has 0 heterocycles. The lowest BCUT2D eigenvalue weighted by Crippen LogP contribution is -2.12. The van der Waals surface area contributed by atoms with Gasteiger partial charge in [-0.05, 0) is 83.8 Å². The summed E-state index contributed by atoms with van der Waals surface area (Å²) < 4.78 is 0. The molecule has 1 aliphatic carbocycles. The van der Waals surface area contributed by atoms with Crippen LogP contribution in [-0.4, -0.2) is 7.05 Å². The third kappa shape index (κ3) is 5.08.